The highest BCUT2D eigenvalue weighted by Crippen LogP contribution is 2.37. The van der Waals surface area contributed by atoms with Crippen molar-refractivity contribution < 1.29 is 9.53 Å². The number of amides is 2. The monoisotopic (exact) mass is 301 g/mol. The maximum Gasteiger partial charge on any atom is 0.317 e. The lowest BCUT2D eigenvalue weighted by Crippen LogP contribution is -2.44. The number of carbonyl (C=O) groups is 1. The summed E-state index contributed by atoms with van der Waals surface area (Å²) in [5.41, 5.74) is 1.04. The van der Waals surface area contributed by atoms with Gasteiger partial charge in [-0.3, -0.25) is 0 Å². The summed E-state index contributed by atoms with van der Waals surface area (Å²) in [7, 11) is 0. The van der Waals surface area contributed by atoms with Crippen molar-refractivity contribution in [2.24, 2.45) is 11.8 Å². The first-order valence-electron chi connectivity index (χ1n) is 8.40. The van der Waals surface area contributed by atoms with Crippen LogP contribution >= 0.6 is 0 Å². The van der Waals surface area contributed by atoms with Crippen LogP contribution in [0.2, 0.25) is 0 Å². The highest BCUT2D eigenvalue weighted by atomic mass is 16.5. The predicted octanol–water partition coefficient (Wildman–Crippen LogP) is 2.56. The number of pyridine rings is 1. The summed E-state index contributed by atoms with van der Waals surface area (Å²) in [6.45, 7) is 2.23. The van der Waals surface area contributed by atoms with E-state index < -0.39 is 0 Å². The van der Waals surface area contributed by atoms with Crippen LogP contribution in [0.15, 0.2) is 18.3 Å². The third-order valence-electron chi connectivity index (χ3n) is 5.08. The van der Waals surface area contributed by atoms with Crippen molar-refractivity contribution in [1.82, 2.24) is 15.2 Å². The molecule has 2 saturated carbocycles. The lowest BCUT2D eigenvalue weighted by Gasteiger charge is -2.27. The number of aromatic nitrogens is 1. The smallest absolute Gasteiger partial charge is 0.317 e. The Labute approximate surface area is 131 Å². The highest BCUT2D eigenvalue weighted by Gasteiger charge is 2.40. The number of rotatable bonds is 5. The Hall–Kier alpha value is -1.78. The molecule has 1 N–H and O–H groups in total. The minimum absolute atomic E-state index is 0.0736. The number of carbonyl (C=O) groups excluding carboxylic acids is 1. The van der Waals surface area contributed by atoms with Crippen LogP contribution in [0.3, 0.4) is 0 Å². The maximum absolute atomic E-state index is 12.3. The number of likely N-dealkylation sites (tertiary alicyclic amines) is 1. The van der Waals surface area contributed by atoms with E-state index in [4.69, 9.17) is 4.74 Å². The molecule has 1 aliphatic heterocycles. The third kappa shape index (κ3) is 3.03. The summed E-state index contributed by atoms with van der Waals surface area (Å²) in [4.78, 5) is 18.5. The van der Waals surface area contributed by atoms with Gasteiger partial charge in [0.25, 0.3) is 0 Å². The van der Waals surface area contributed by atoms with Gasteiger partial charge in [0.2, 0.25) is 5.88 Å². The van der Waals surface area contributed by atoms with Crippen LogP contribution in [0.1, 0.15) is 37.7 Å². The number of fused-ring (bicyclic) bond motifs is 2. The molecule has 3 fully saturated rings. The van der Waals surface area contributed by atoms with Gasteiger partial charge < -0.3 is 15.0 Å². The van der Waals surface area contributed by atoms with Gasteiger partial charge in [0.1, 0.15) is 0 Å². The number of piperidine rings is 1. The van der Waals surface area contributed by atoms with Crippen LogP contribution in [0, 0.1) is 11.8 Å². The second-order valence-corrected chi connectivity index (χ2v) is 6.90. The van der Waals surface area contributed by atoms with Gasteiger partial charge in [-0.05, 0) is 55.6 Å². The Kier molecular flexibility index (Phi) is 3.64. The van der Waals surface area contributed by atoms with Gasteiger partial charge in [-0.2, -0.15) is 0 Å². The van der Waals surface area contributed by atoms with Crippen molar-refractivity contribution in [1.29, 1.82) is 0 Å². The zero-order chi connectivity index (χ0) is 14.9. The molecular formula is C17H23N3O2. The van der Waals surface area contributed by atoms with Crippen LogP contribution < -0.4 is 10.1 Å². The number of nitrogens with one attached hydrogen (secondary N) is 1. The molecule has 1 aromatic rings. The fourth-order valence-electron chi connectivity index (χ4n) is 3.58. The molecule has 0 aromatic carbocycles. The summed E-state index contributed by atoms with van der Waals surface area (Å²) < 4.78 is 5.68. The minimum Gasteiger partial charge on any atom is -0.477 e. The van der Waals surface area contributed by atoms with Crippen LogP contribution in [-0.2, 0) is 6.54 Å². The van der Waals surface area contributed by atoms with E-state index in [9.17, 15) is 4.79 Å². The highest BCUT2D eigenvalue weighted by molar-refractivity contribution is 5.75. The molecule has 2 heterocycles. The zero-order valence-electron chi connectivity index (χ0n) is 12.8. The van der Waals surface area contributed by atoms with Gasteiger partial charge in [0.15, 0.2) is 0 Å². The first-order valence-corrected chi connectivity index (χ1v) is 8.40. The molecule has 2 amide bonds. The molecule has 1 saturated heterocycles. The molecule has 0 unspecified atom stereocenters. The fourth-order valence-corrected chi connectivity index (χ4v) is 3.58. The molecule has 2 aliphatic carbocycles. The van der Waals surface area contributed by atoms with E-state index in [1.54, 1.807) is 6.20 Å². The lowest BCUT2D eigenvalue weighted by molar-refractivity contribution is 0.180. The molecule has 3 aliphatic rings. The van der Waals surface area contributed by atoms with Crippen molar-refractivity contribution in [2.75, 3.05) is 13.2 Å². The summed E-state index contributed by atoms with van der Waals surface area (Å²) >= 11 is 0. The summed E-state index contributed by atoms with van der Waals surface area (Å²) in [6.07, 6.45) is 7.96. The third-order valence-corrected chi connectivity index (χ3v) is 5.08. The van der Waals surface area contributed by atoms with Crippen LogP contribution in [-0.4, -0.2) is 35.1 Å². The molecule has 118 valence electrons. The molecule has 1 aromatic heterocycles. The van der Waals surface area contributed by atoms with Crippen LogP contribution in [0.5, 0.6) is 5.88 Å². The zero-order valence-corrected chi connectivity index (χ0v) is 12.8. The normalized spacial score (nSPS) is 26.3. The Bertz CT molecular complexity index is 559. The van der Waals surface area contributed by atoms with Crippen molar-refractivity contribution >= 4 is 6.03 Å². The van der Waals surface area contributed by atoms with E-state index in [0.29, 0.717) is 18.5 Å². The standard InChI is InChI=1S/C17H23N3O2/c21-17(20-10-14-3-4-15(20)7-14)19-9-13-5-6-18-16(8-13)22-11-12-1-2-12/h5-6,8,12,14-15H,1-4,7,9-11H2,(H,19,21)/t14-,15-/m0/s1. The molecule has 5 nitrogen and oxygen atoms in total. The second kappa shape index (κ2) is 5.78. The molecule has 0 spiro atoms. The molecule has 22 heavy (non-hydrogen) atoms. The topological polar surface area (TPSA) is 54.5 Å². The van der Waals surface area contributed by atoms with Crippen molar-refractivity contribution in [3.8, 4) is 5.88 Å². The average molecular weight is 301 g/mol. The number of urea groups is 1. The van der Waals surface area contributed by atoms with Gasteiger partial charge in [-0.15, -0.1) is 0 Å². The molecule has 0 radical (unpaired) electrons. The van der Waals surface area contributed by atoms with Crippen molar-refractivity contribution in [2.45, 2.75) is 44.7 Å². The second-order valence-electron chi connectivity index (χ2n) is 6.90. The first kappa shape index (κ1) is 13.9. The van der Waals surface area contributed by atoms with Gasteiger partial charge in [0.05, 0.1) is 6.61 Å². The molecule has 2 atom stereocenters. The van der Waals surface area contributed by atoms with Crippen LogP contribution in [0.4, 0.5) is 4.79 Å². The van der Waals surface area contributed by atoms with E-state index in [2.05, 4.69) is 10.3 Å². The fraction of sp³-hybridized carbons (Fsp3) is 0.647. The maximum atomic E-state index is 12.3. The van der Waals surface area contributed by atoms with Crippen molar-refractivity contribution in [3.05, 3.63) is 23.9 Å². The Morgan fingerprint density at radius 1 is 1.36 bits per heavy atom. The van der Waals surface area contributed by atoms with E-state index in [1.807, 2.05) is 17.0 Å². The van der Waals surface area contributed by atoms with Gasteiger partial charge >= 0.3 is 6.03 Å². The van der Waals surface area contributed by atoms with E-state index in [-0.39, 0.29) is 6.03 Å². The Morgan fingerprint density at radius 2 is 2.27 bits per heavy atom. The van der Waals surface area contributed by atoms with E-state index in [0.717, 1.165) is 30.6 Å². The molecule has 4 rings (SSSR count). The number of hydrogen-bond acceptors (Lipinski definition) is 3. The summed E-state index contributed by atoms with van der Waals surface area (Å²) in [5.74, 6) is 2.12. The average Bonchev–Trinajstić information content (AvgIpc) is 3.14. The van der Waals surface area contributed by atoms with Gasteiger partial charge in [0, 0.05) is 31.4 Å². The number of hydrogen-bond donors (Lipinski definition) is 1. The molecule has 5 heteroatoms. The quantitative estimate of drug-likeness (QED) is 0.909. The van der Waals surface area contributed by atoms with Crippen molar-refractivity contribution in [3.63, 3.8) is 0 Å². The molecule has 2 bridgehead atoms. The van der Waals surface area contributed by atoms with E-state index in [1.165, 1.54) is 32.1 Å². The number of nitrogens with zero attached hydrogens (tertiary/aromatic N) is 2. The SMILES string of the molecule is O=C(NCc1ccnc(OCC2CC2)c1)N1C[C@H]2CC[C@H]1C2. The lowest BCUT2D eigenvalue weighted by atomic mass is 10.1. The minimum atomic E-state index is 0.0736. The Morgan fingerprint density at radius 3 is 3.00 bits per heavy atom. The largest absolute Gasteiger partial charge is 0.477 e. The summed E-state index contributed by atoms with van der Waals surface area (Å²) in [6, 6.07) is 4.41. The Balaban J connectivity index is 1.29. The predicted molar refractivity (Wildman–Crippen MR) is 82.5 cm³/mol. The van der Waals surface area contributed by atoms with Gasteiger partial charge in [-0.1, -0.05) is 0 Å². The molecular weight excluding hydrogens is 278 g/mol. The van der Waals surface area contributed by atoms with Gasteiger partial charge in [-0.25, -0.2) is 9.78 Å². The first-order chi connectivity index (χ1) is 10.8. The number of ether oxygens (including phenoxy) is 1. The summed E-state index contributed by atoms with van der Waals surface area (Å²) in [5, 5.41) is 3.03. The van der Waals surface area contributed by atoms with E-state index >= 15 is 0 Å². The van der Waals surface area contributed by atoms with Crippen LogP contribution in [0.25, 0.3) is 0 Å².